The van der Waals surface area contributed by atoms with Crippen molar-refractivity contribution in [2.75, 3.05) is 11.9 Å². The molecule has 1 atom stereocenters. The molecule has 26 heavy (non-hydrogen) atoms. The highest BCUT2D eigenvalue weighted by atomic mass is 16.5. The van der Waals surface area contributed by atoms with E-state index < -0.39 is 6.10 Å². The van der Waals surface area contributed by atoms with Crippen LogP contribution in [-0.2, 0) is 0 Å². The van der Waals surface area contributed by atoms with Gasteiger partial charge in [0.15, 0.2) is 0 Å². The maximum atomic E-state index is 12.7. The molecule has 1 aromatic heterocycles. The number of carbonyl (C=O) groups is 1. The number of fused-ring (bicyclic) bond motifs is 1. The Bertz CT molecular complexity index is 902. The number of para-hydroxylation sites is 1. The monoisotopic (exact) mass is 353 g/mol. The lowest BCUT2D eigenvalue weighted by Gasteiger charge is -2.11. The van der Waals surface area contributed by atoms with Crippen LogP contribution in [0.5, 0.6) is 5.75 Å². The molecular formula is C20H23N3O3. The zero-order valence-corrected chi connectivity index (χ0v) is 15.0. The Morgan fingerprint density at radius 1 is 1.31 bits per heavy atom. The molecule has 0 aliphatic rings. The van der Waals surface area contributed by atoms with Gasteiger partial charge in [-0.2, -0.15) is 0 Å². The zero-order valence-electron chi connectivity index (χ0n) is 15.0. The third-order valence-corrected chi connectivity index (χ3v) is 4.04. The van der Waals surface area contributed by atoms with Crippen molar-refractivity contribution in [2.45, 2.75) is 32.8 Å². The van der Waals surface area contributed by atoms with E-state index >= 15 is 0 Å². The van der Waals surface area contributed by atoms with Gasteiger partial charge in [0.25, 0.3) is 5.91 Å². The number of aromatic nitrogens is 2. The fraction of sp³-hybridized carbons (Fsp3) is 0.300. The number of nitrogens with zero attached hydrogens (tertiary/aromatic N) is 1. The van der Waals surface area contributed by atoms with E-state index in [2.05, 4.69) is 22.2 Å². The van der Waals surface area contributed by atoms with Gasteiger partial charge < -0.3 is 20.1 Å². The topological polar surface area (TPSA) is 87.2 Å². The smallest absolute Gasteiger partial charge is 0.259 e. The summed E-state index contributed by atoms with van der Waals surface area (Å²) in [6, 6.07) is 12.6. The van der Waals surface area contributed by atoms with Gasteiger partial charge >= 0.3 is 0 Å². The minimum atomic E-state index is -0.674. The van der Waals surface area contributed by atoms with Gasteiger partial charge in [-0.3, -0.25) is 4.79 Å². The minimum Gasteiger partial charge on any atom is -0.493 e. The van der Waals surface area contributed by atoms with Crippen molar-refractivity contribution in [3.63, 3.8) is 0 Å². The van der Waals surface area contributed by atoms with Crippen molar-refractivity contribution in [3.05, 3.63) is 53.9 Å². The molecule has 0 aliphatic carbocycles. The number of carbonyl (C=O) groups excluding carboxylic acids is 1. The molecule has 0 saturated carbocycles. The molecule has 0 fully saturated rings. The normalized spacial score (nSPS) is 12.1. The summed E-state index contributed by atoms with van der Waals surface area (Å²) in [5.74, 6) is 0.849. The van der Waals surface area contributed by atoms with Crippen molar-refractivity contribution in [1.29, 1.82) is 0 Å². The summed E-state index contributed by atoms with van der Waals surface area (Å²) >= 11 is 0. The van der Waals surface area contributed by atoms with E-state index in [0.717, 1.165) is 23.9 Å². The van der Waals surface area contributed by atoms with Crippen LogP contribution in [0.1, 0.15) is 49.0 Å². The van der Waals surface area contributed by atoms with Gasteiger partial charge in [-0.1, -0.05) is 25.5 Å². The summed E-state index contributed by atoms with van der Waals surface area (Å²) in [4.78, 5) is 20.0. The van der Waals surface area contributed by atoms with E-state index in [1.165, 1.54) is 0 Å². The molecule has 1 unspecified atom stereocenters. The number of unbranched alkanes of at least 4 members (excludes halogenated alkanes) is 1. The van der Waals surface area contributed by atoms with Crippen LogP contribution in [0, 0.1) is 0 Å². The molecule has 0 spiro atoms. The number of aliphatic hydroxyl groups excluding tert-OH is 1. The van der Waals surface area contributed by atoms with E-state index in [0.29, 0.717) is 29.4 Å². The van der Waals surface area contributed by atoms with Crippen LogP contribution in [0.15, 0.2) is 42.5 Å². The predicted octanol–water partition coefficient (Wildman–Crippen LogP) is 4.05. The molecule has 3 aromatic rings. The number of amides is 1. The van der Waals surface area contributed by atoms with Crippen LogP contribution in [-0.4, -0.2) is 27.6 Å². The Kier molecular flexibility index (Phi) is 5.53. The van der Waals surface area contributed by atoms with Crippen molar-refractivity contribution in [2.24, 2.45) is 0 Å². The van der Waals surface area contributed by atoms with Gasteiger partial charge in [-0.15, -0.1) is 0 Å². The summed E-state index contributed by atoms with van der Waals surface area (Å²) in [5.41, 5.74) is 2.64. The number of imidazole rings is 1. The molecule has 0 radical (unpaired) electrons. The molecule has 0 aliphatic heterocycles. The van der Waals surface area contributed by atoms with E-state index in [1.807, 2.05) is 12.1 Å². The molecular weight excluding hydrogens is 330 g/mol. The summed E-state index contributed by atoms with van der Waals surface area (Å²) in [6.07, 6.45) is 1.30. The molecule has 3 rings (SSSR count). The van der Waals surface area contributed by atoms with Gasteiger partial charge in [0.05, 0.1) is 23.2 Å². The fourth-order valence-corrected chi connectivity index (χ4v) is 2.61. The quantitative estimate of drug-likeness (QED) is 0.559. The Morgan fingerprint density at radius 3 is 2.88 bits per heavy atom. The number of benzene rings is 2. The van der Waals surface area contributed by atoms with Crippen LogP contribution in [0.4, 0.5) is 5.69 Å². The molecule has 136 valence electrons. The predicted molar refractivity (Wildman–Crippen MR) is 102 cm³/mol. The molecule has 0 saturated heterocycles. The van der Waals surface area contributed by atoms with Crippen LogP contribution in [0.3, 0.4) is 0 Å². The Hall–Kier alpha value is -2.86. The van der Waals surface area contributed by atoms with Crippen LogP contribution < -0.4 is 10.1 Å². The van der Waals surface area contributed by atoms with E-state index in [4.69, 9.17) is 4.74 Å². The molecule has 1 amide bonds. The van der Waals surface area contributed by atoms with E-state index in [-0.39, 0.29) is 5.91 Å². The van der Waals surface area contributed by atoms with Crippen LogP contribution in [0.25, 0.3) is 11.0 Å². The van der Waals surface area contributed by atoms with Gasteiger partial charge in [0, 0.05) is 5.69 Å². The van der Waals surface area contributed by atoms with Gasteiger partial charge in [-0.25, -0.2) is 4.98 Å². The average molecular weight is 353 g/mol. The third kappa shape index (κ3) is 4.03. The lowest BCUT2D eigenvalue weighted by molar-refractivity contribution is 0.102. The standard InChI is InChI=1S/C20H23N3O3/c1-3-4-11-26-18-8-6-5-7-15(18)20(25)21-14-9-10-16-17(12-14)23-19(22-16)13(2)24/h5-10,12-13,24H,3-4,11H2,1-2H3,(H,21,25)(H,22,23). The molecule has 6 nitrogen and oxygen atoms in total. The van der Waals surface area contributed by atoms with E-state index in [1.54, 1.807) is 37.3 Å². The lowest BCUT2D eigenvalue weighted by Crippen LogP contribution is -2.14. The van der Waals surface area contributed by atoms with Crippen molar-refractivity contribution < 1.29 is 14.6 Å². The molecule has 0 bridgehead atoms. The minimum absolute atomic E-state index is 0.230. The number of hydrogen-bond donors (Lipinski definition) is 3. The van der Waals surface area contributed by atoms with Crippen molar-refractivity contribution in [1.82, 2.24) is 9.97 Å². The highest BCUT2D eigenvalue weighted by Crippen LogP contribution is 2.23. The number of H-pyrrole nitrogens is 1. The van der Waals surface area contributed by atoms with E-state index in [9.17, 15) is 9.90 Å². The first-order chi connectivity index (χ1) is 12.6. The van der Waals surface area contributed by atoms with Crippen molar-refractivity contribution in [3.8, 4) is 5.75 Å². The molecule has 2 aromatic carbocycles. The first kappa shape index (κ1) is 17.9. The number of aliphatic hydroxyl groups is 1. The first-order valence-corrected chi connectivity index (χ1v) is 8.79. The van der Waals surface area contributed by atoms with Crippen LogP contribution >= 0.6 is 0 Å². The average Bonchev–Trinajstić information content (AvgIpc) is 3.06. The summed E-state index contributed by atoms with van der Waals surface area (Å²) in [7, 11) is 0. The largest absolute Gasteiger partial charge is 0.493 e. The second kappa shape index (κ2) is 8.01. The highest BCUT2D eigenvalue weighted by Gasteiger charge is 2.13. The molecule has 1 heterocycles. The Morgan fingerprint density at radius 2 is 2.12 bits per heavy atom. The number of hydrogen-bond acceptors (Lipinski definition) is 4. The number of aromatic amines is 1. The lowest BCUT2D eigenvalue weighted by atomic mass is 10.1. The van der Waals surface area contributed by atoms with Gasteiger partial charge in [0.1, 0.15) is 17.7 Å². The Labute approximate surface area is 152 Å². The summed E-state index contributed by atoms with van der Waals surface area (Å²) < 4.78 is 5.73. The van der Waals surface area contributed by atoms with Gasteiger partial charge in [0.2, 0.25) is 0 Å². The third-order valence-electron chi connectivity index (χ3n) is 4.04. The second-order valence-corrected chi connectivity index (χ2v) is 6.18. The Balaban J connectivity index is 1.78. The number of nitrogens with one attached hydrogen (secondary N) is 2. The second-order valence-electron chi connectivity index (χ2n) is 6.18. The first-order valence-electron chi connectivity index (χ1n) is 8.79. The summed E-state index contributed by atoms with van der Waals surface area (Å²) in [6.45, 7) is 4.33. The van der Waals surface area contributed by atoms with Crippen molar-refractivity contribution >= 4 is 22.6 Å². The number of ether oxygens (including phenoxy) is 1. The maximum absolute atomic E-state index is 12.7. The summed E-state index contributed by atoms with van der Waals surface area (Å²) in [5, 5.41) is 12.5. The number of rotatable bonds is 7. The SMILES string of the molecule is CCCCOc1ccccc1C(=O)Nc1ccc2nc(C(C)O)[nH]c2c1. The van der Waals surface area contributed by atoms with Crippen LogP contribution in [0.2, 0.25) is 0 Å². The number of anilines is 1. The fourth-order valence-electron chi connectivity index (χ4n) is 2.61. The molecule has 6 heteroatoms. The van der Waals surface area contributed by atoms with Gasteiger partial charge in [-0.05, 0) is 43.7 Å². The maximum Gasteiger partial charge on any atom is 0.259 e. The molecule has 3 N–H and O–H groups in total. The zero-order chi connectivity index (χ0) is 18.5. The highest BCUT2D eigenvalue weighted by molar-refractivity contribution is 6.06.